The Bertz CT molecular complexity index is 650. The highest BCUT2D eigenvalue weighted by atomic mass is 35.5. The van der Waals surface area contributed by atoms with Gasteiger partial charge >= 0.3 is 0 Å². The highest BCUT2D eigenvalue weighted by Gasteiger charge is 2.21. The molecular weight excluding hydrogens is 271 g/mol. The van der Waals surface area contributed by atoms with Crippen LogP contribution in [-0.2, 0) is 6.42 Å². The fraction of sp³-hybridized carbons (Fsp3) is 0.0714. The van der Waals surface area contributed by atoms with Gasteiger partial charge in [-0.1, -0.05) is 23.2 Å². The van der Waals surface area contributed by atoms with E-state index in [9.17, 15) is 4.79 Å². The van der Waals surface area contributed by atoms with Gasteiger partial charge in [-0.3, -0.25) is 4.79 Å². The number of halogens is 2. The van der Waals surface area contributed by atoms with Crippen molar-refractivity contribution in [3.63, 3.8) is 0 Å². The summed E-state index contributed by atoms with van der Waals surface area (Å²) in [4.78, 5) is 12.2. The molecule has 0 N–H and O–H groups in total. The third kappa shape index (κ3) is 1.98. The van der Waals surface area contributed by atoms with Crippen LogP contribution in [0, 0.1) is 0 Å². The van der Waals surface area contributed by atoms with Gasteiger partial charge in [0.05, 0.1) is 5.56 Å². The average Bonchev–Trinajstić information content (AvgIpc) is 2.46. The minimum Gasteiger partial charge on any atom is -0.456 e. The third-order valence-corrected chi connectivity index (χ3v) is 3.31. The first-order valence-corrected chi connectivity index (χ1v) is 6.18. The summed E-state index contributed by atoms with van der Waals surface area (Å²) < 4.78 is 5.74. The SMILES string of the molecule is O=C1Cc2cc(Cl)ccc2Oc2ccc(Cl)cc21. The molecule has 0 saturated carbocycles. The second-order valence-electron chi connectivity index (χ2n) is 4.09. The Morgan fingerprint density at radius 2 is 1.61 bits per heavy atom. The molecule has 0 saturated heterocycles. The van der Waals surface area contributed by atoms with Crippen molar-refractivity contribution in [2.75, 3.05) is 0 Å². The van der Waals surface area contributed by atoms with Crippen LogP contribution < -0.4 is 4.74 Å². The van der Waals surface area contributed by atoms with Gasteiger partial charge in [-0.05, 0) is 36.4 Å². The lowest BCUT2D eigenvalue weighted by molar-refractivity contribution is 0.0993. The van der Waals surface area contributed by atoms with E-state index < -0.39 is 0 Å². The molecule has 0 amide bonds. The monoisotopic (exact) mass is 278 g/mol. The molecule has 2 nitrogen and oxygen atoms in total. The van der Waals surface area contributed by atoms with Gasteiger partial charge in [0.1, 0.15) is 11.5 Å². The molecule has 2 aromatic carbocycles. The zero-order valence-electron chi connectivity index (χ0n) is 9.24. The number of Topliss-reactive ketones (excluding diaryl/α,β-unsaturated/α-hetero) is 1. The Balaban J connectivity index is 2.16. The molecule has 2 aromatic rings. The van der Waals surface area contributed by atoms with Crippen molar-refractivity contribution in [3.8, 4) is 11.5 Å². The summed E-state index contributed by atoms with van der Waals surface area (Å²) in [5.74, 6) is 1.17. The van der Waals surface area contributed by atoms with E-state index in [0.717, 1.165) is 5.56 Å². The minimum atomic E-state index is -0.0199. The van der Waals surface area contributed by atoms with E-state index in [1.54, 1.807) is 36.4 Å². The van der Waals surface area contributed by atoms with Gasteiger partial charge < -0.3 is 4.74 Å². The van der Waals surface area contributed by atoms with E-state index in [-0.39, 0.29) is 12.2 Å². The lowest BCUT2D eigenvalue weighted by atomic mass is 10.0. The molecule has 0 radical (unpaired) electrons. The maximum Gasteiger partial charge on any atom is 0.171 e. The normalized spacial score (nSPS) is 13.3. The maximum absolute atomic E-state index is 12.2. The highest BCUT2D eigenvalue weighted by molar-refractivity contribution is 6.31. The molecule has 18 heavy (non-hydrogen) atoms. The first kappa shape index (κ1) is 11.6. The van der Waals surface area contributed by atoms with E-state index in [0.29, 0.717) is 27.1 Å². The number of fused-ring (bicyclic) bond motifs is 2. The van der Waals surface area contributed by atoms with Gasteiger partial charge in [0.15, 0.2) is 5.78 Å². The summed E-state index contributed by atoms with van der Waals surface area (Å²) >= 11 is 11.8. The van der Waals surface area contributed by atoms with Crippen LogP contribution in [0.4, 0.5) is 0 Å². The number of ketones is 1. The number of carbonyl (C=O) groups is 1. The molecule has 0 aliphatic carbocycles. The molecule has 4 heteroatoms. The summed E-state index contributed by atoms with van der Waals surface area (Å²) in [6, 6.07) is 10.3. The van der Waals surface area contributed by atoms with E-state index in [1.165, 1.54) is 0 Å². The van der Waals surface area contributed by atoms with Crippen molar-refractivity contribution in [1.82, 2.24) is 0 Å². The van der Waals surface area contributed by atoms with Gasteiger partial charge in [-0.2, -0.15) is 0 Å². The standard InChI is InChI=1S/C14H8Cl2O2/c15-9-1-3-13-8(5-9)6-12(17)11-7-10(16)2-4-14(11)18-13/h1-5,7H,6H2. The Hall–Kier alpha value is -1.51. The molecule has 0 atom stereocenters. The molecule has 0 spiro atoms. The summed E-state index contributed by atoms with van der Waals surface area (Å²) in [5.41, 5.74) is 1.30. The van der Waals surface area contributed by atoms with Crippen LogP contribution in [0.3, 0.4) is 0 Å². The van der Waals surface area contributed by atoms with Gasteiger partial charge in [-0.25, -0.2) is 0 Å². The Labute approximate surface area is 114 Å². The quantitative estimate of drug-likeness (QED) is 0.708. The average molecular weight is 279 g/mol. The summed E-state index contributed by atoms with van der Waals surface area (Å²) in [6.45, 7) is 0. The van der Waals surface area contributed by atoms with Gasteiger partial charge in [0, 0.05) is 22.0 Å². The molecule has 1 aliphatic heterocycles. The molecular formula is C14H8Cl2O2. The smallest absolute Gasteiger partial charge is 0.171 e. The second kappa shape index (κ2) is 4.30. The lowest BCUT2D eigenvalue weighted by Crippen LogP contribution is -2.01. The van der Waals surface area contributed by atoms with E-state index in [1.807, 2.05) is 0 Å². The van der Waals surface area contributed by atoms with Crippen LogP contribution >= 0.6 is 23.2 Å². The van der Waals surface area contributed by atoms with Gasteiger partial charge in [-0.15, -0.1) is 0 Å². The molecule has 1 heterocycles. The van der Waals surface area contributed by atoms with Crippen molar-refractivity contribution < 1.29 is 9.53 Å². The fourth-order valence-electron chi connectivity index (χ4n) is 1.98. The molecule has 0 aromatic heterocycles. The summed E-state index contributed by atoms with van der Waals surface area (Å²) in [5, 5.41) is 1.11. The van der Waals surface area contributed by atoms with Crippen molar-refractivity contribution >= 4 is 29.0 Å². The zero-order chi connectivity index (χ0) is 12.7. The molecule has 0 fully saturated rings. The predicted octanol–water partition coefficient (Wildman–Crippen LogP) is 4.52. The lowest BCUT2D eigenvalue weighted by Gasteiger charge is -2.08. The van der Waals surface area contributed by atoms with Crippen molar-refractivity contribution in [1.29, 1.82) is 0 Å². The first-order chi connectivity index (χ1) is 8.63. The van der Waals surface area contributed by atoms with Crippen molar-refractivity contribution in [3.05, 3.63) is 57.6 Å². The van der Waals surface area contributed by atoms with Crippen LogP contribution in [0.2, 0.25) is 10.0 Å². The van der Waals surface area contributed by atoms with Crippen LogP contribution in [0.25, 0.3) is 0 Å². The van der Waals surface area contributed by atoms with E-state index in [4.69, 9.17) is 27.9 Å². The largest absolute Gasteiger partial charge is 0.456 e. The highest BCUT2D eigenvalue weighted by Crippen LogP contribution is 2.35. The predicted molar refractivity (Wildman–Crippen MR) is 71.0 cm³/mol. The number of ether oxygens (including phenoxy) is 1. The van der Waals surface area contributed by atoms with Crippen LogP contribution in [0.15, 0.2) is 36.4 Å². The zero-order valence-corrected chi connectivity index (χ0v) is 10.8. The molecule has 1 aliphatic rings. The summed E-state index contributed by atoms with van der Waals surface area (Å²) in [7, 11) is 0. The van der Waals surface area contributed by atoms with E-state index in [2.05, 4.69) is 0 Å². The Kier molecular flexibility index (Phi) is 2.77. The van der Waals surface area contributed by atoms with Crippen LogP contribution in [-0.4, -0.2) is 5.78 Å². The Morgan fingerprint density at radius 1 is 0.944 bits per heavy atom. The van der Waals surface area contributed by atoms with Gasteiger partial charge in [0.25, 0.3) is 0 Å². The fourth-order valence-corrected chi connectivity index (χ4v) is 2.35. The first-order valence-electron chi connectivity index (χ1n) is 5.42. The minimum absolute atomic E-state index is 0.0199. The Morgan fingerprint density at radius 3 is 2.39 bits per heavy atom. The maximum atomic E-state index is 12.2. The molecule has 0 unspecified atom stereocenters. The van der Waals surface area contributed by atoms with Crippen molar-refractivity contribution in [2.45, 2.75) is 6.42 Å². The van der Waals surface area contributed by atoms with Crippen molar-refractivity contribution in [2.24, 2.45) is 0 Å². The van der Waals surface area contributed by atoms with E-state index >= 15 is 0 Å². The van der Waals surface area contributed by atoms with Crippen LogP contribution in [0.1, 0.15) is 15.9 Å². The third-order valence-electron chi connectivity index (χ3n) is 2.84. The molecule has 3 rings (SSSR count). The number of carbonyl (C=O) groups excluding carboxylic acids is 1. The second-order valence-corrected chi connectivity index (χ2v) is 4.97. The molecule has 0 bridgehead atoms. The van der Waals surface area contributed by atoms with Gasteiger partial charge in [0.2, 0.25) is 0 Å². The number of hydrogen-bond acceptors (Lipinski definition) is 2. The number of hydrogen-bond donors (Lipinski definition) is 0. The topological polar surface area (TPSA) is 26.3 Å². The number of rotatable bonds is 0. The molecule has 90 valence electrons. The van der Waals surface area contributed by atoms with Crippen LogP contribution in [0.5, 0.6) is 11.5 Å². The summed E-state index contributed by atoms with van der Waals surface area (Å²) in [6.07, 6.45) is 0.267. The number of benzene rings is 2.